The molecule has 0 spiro atoms. The lowest BCUT2D eigenvalue weighted by molar-refractivity contribution is 0.842. The Morgan fingerprint density at radius 2 is 1.75 bits per heavy atom. The van der Waals surface area contributed by atoms with Crippen LogP contribution in [0.1, 0.15) is 19.8 Å². The van der Waals surface area contributed by atoms with E-state index in [9.17, 15) is 0 Å². The Kier molecular flexibility index (Phi) is 5.87. The van der Waals surface area contributed by atoms with E-state index >= 15 is 0 Å². The Labute approximate surface area is 57.7 Å². The van der Waals surface area contributed by atoms with Gasteiger partial charge in [-0.15, -0.1) is 0 Å². The van der Waals surface area contributed by atoms with Crippen LogP contribution in [0.15, 0.2) is 0 Å². The SMILES string of the molecule is CCCC([SiH2]C)[SiH2]C. The van der Waals surface area contributed by atoms with Gasteiger partial charge >= 0.3 is 0 Å². The summed E-state index contributed by atoms with van der Waals surface area (Å²) in [5.74, 6) is 0. The fourth-order valence-electron chi connectivity index (χ4n) is 1.11. The molecule has 0 aromatic rings. The Hall–Kier alpha value is 0.434. The van der Waals surface area contributed by atoms with E-state index in [0.29, 0.717) is 19.0 Å². The van der Waals surface area contributed by atoms with Crippen molar-refractivity contribution in [2.45, 2.75) is 38.0 Å². The molecule has 0 aromatic carbocycles. The minimum atomic E-state index is 0.379. The fourth-order valence-corrected chi connectivity index (χ4v) is 5.05. The molecule has 2 heteroatoms. The van der Waals surface area contributed by atoms with Gasteiger partial charge in [0.1, 0.15) is 0 Å². The summed E-state index contributed by atoms with van der Waals surface area (Å²) >= 11 is 0. The Balaban J connectivity index is 3.07. The van der Waals surface area contributed by atoms with E-state index in [0.717, 1.165) is 0 Å². The second-order valence-electron chi connectivity index (χ2n) is 2.47. The third kappa shape index (κ3) is 3.44. The monoisotopic (exact) mass is 146 g/mol. The van der Waals surface area contributed by atoms with Gasteiger partial charge in [-0.3, -0.25) is 0 Å². The zero-order valence-electron chi connectivity index (χ0n) is 6.41. The standard InChI is InChI=1S/C6H18Si2/c1-4-5-6(7-2)8-3/h6H,4-5,7-8H2,1-3H3. The van der Waals surface area contributed by atoms with E-state index in [-0.39, 0.29) is 0 Å². The minimum Gasteiger partial charge on any atom is -0.0749 e. The molecule has 0 rings (SSSR count). The zero-order valence-corrected chi connectivity index (χ0v) is 9.23. The molecule has 8 heavy (non-hydrogen) atoms. The van der Waals surface area contributed by atoms with Crippen molar-refractivity contribution in [3.63, 3.8) is 0 Å². The van der Waals surface area contributed by atoms with E-state index in [1.165, 1.54) is 11.6 Å². The highest BCUT2D eigenvalue weighted by atomic mass is 28.3. The summed E-state index contributed by atoms with van der Waals surface area (Å²) < 4.78 is 0. The van der Waals surface area contributed by atoms with Crippen LogP contribution in [0.25, 0.3) is 0 Å². The molecule has 0 unspecified atom stereocenters. The Bertz CT molecular complexity index is 41.8. The highest BCUT2D eigenvalue weighted by Gasteiger charge is 2.00. The van der Waals surface area contributed by atoms with Gasteiger partial charge in [0.05, 0.1) is 0 Å². The number of hydrogen-bond donors (Lipinski definition) is 0. The van der Waals surface area contributed by atoms with Crippen LogP contribution in [0.3, 0.4) is 0 Å². The van der Waals surface area contributed by atoms with Crippen LogP contribution in [0, 0.1) is 0 Å². The lowest BCUT2D eigenvalue weighted by atomic mass is 10.4. The lowest BCUT2D eigenvalue weighted by Crippen LogP contribution is -2.04. The average molecular weight is 146 g/mol. The molecular formula is C6H18Si2. The van der Waals surface area contributed by atoms with Gasteiger partial charge in [-0.1, -0.05) is 38.0 Å². The molecule has 50 valence electrons. The first kappa shape index (κ1) is 8.43. The van der Waals surface area contributed by atoms with E-state index in [4.69, 9.17) is 0 Å². The van der Waals surface area contributed by atoms with Crippen LogP contribution in [-0.2, 0) is 0 Å². The molecule has 0 aromatic heterocycles. The van der Waals surface area contributed by atoms with Crippen molar-refractivity contribution in [2.24, 2.45) is 0 Å². The maximum Gasteiger partial charge on any atom is 0.0166 e. The molecular weight excluding hydrogens is 128 g/mol. The van der Waals surface area contributed by atoms with Crippen LogP contribution < -0.4 is 0 Å². The molecule has 0 aliphatic heterocycles. The van der Waals surface area contributed by atoms with E-state index in [1.807, 2.05) is 0 Å². The van der Waals surface area contributed by atoms with E-state index < -0.39 is 0 Å². The molecule has 0 amide bonds. The van der Waals surface area contributed by atoms with Gasteiger partial charge in [-0.2, -0.15) is 0 Å². The fraction of sp³-hybridized carbons (Fsp3) is 1.00. The zero-order chi connectivity index (χ0) is 6.41. The van der Waals surface area contributed by atoms with E-state index in [1.54, 1.807) is 6.42 Å². The quantitative estimate of drug-likeness (QED) is 0.519. The van der Waals surface area contributed by atoms with Crippen LogP contribution in [0.5, 0.6) is 0 Å². The first-order chi connectivity index (χ1) is 3.85. The normalized spacial score (nSPS) is 16.9. The molecule has 0 N–H and O–H groups in total. The van der Waals surface area contributed by atoms with Gasteiger partial charge in [0.25, 0.3) is 0 Å². The molecule has 0 aliphatic carbocycles. The average Bonchev–Trinajstić information content (AvgIpc) is 1.83. The molecule has 0 nitrogen and oxygen atoms in total. The second kappa shape index (κ2) is 5.57. The maximum absolute atomic E-state index is 2.46. The van der Waals surface area contributed by atoms with Crippen molar-refractivity contribution in [1.82, 2.24) is 0 Å². The molecule has 0 bridgehead atoms. The molecule has 0 saturated carbocycles. The predicted octanol–water partition coefficient (Wildman–Crippen LogP) is 0.966. The topological polar surface area (TPSA) is 0 Å². The van der Waals surface area contributed by atoms with Gasteiger partial charge in [-0.25, -0.2) is 0 Å². The van der Waals surface area contributed by atoms with Gasteiger partial charge in [-0.05, 0) is 0 Å². The van der Waals surface area contributed by atoms with Crippen molar-refractivity contribution in [1.29, 1.82) is 0 Å². The van der Waals surface area contributed by atoms with Crippen LogP contribution >= 0.6 is 0 Å². The Morgan fingerprint density at radius 1 is 1.25 bits per heavy atom. The molecule has 0 heterocycles. The van der Waals surface area contributed by atoms with Crippen molar-refractivity contribution < 1.29 is 0 Å². The van der Waals surface area contributed by atoms with Crippen LogP contribution in [-0.4, -0.2) is 19.0 Å². The molecule has 0 atom stereocenters. The number of hydrogen-bond acceptors (Lipinski definition) is 0. The van der Waals surface area contributed by atoms with Crippen molar-refractivity contribution in [3.8, 4) is 0 Å². The number of rotatable bonds is 4. The first-order valence-electron chi connectivity index (χ1n) is 3.85. The van der Waals surface area contributed by atoms with Crippen LogP contribution in [0.2, 0.25) is 18.3 Å². The largest absolute Gasteiger partial charge is 0.0749 e. The third-order valence-electron chi connectivity index (χ3n) is 1.85. The summed E-state index contributed by atoms with van der Waals surface area (Å²) in [5, 5.41) is 1.28. The first-order valence-corrected chi connectivity index (χ1v) is 8.31. The van der Waals surface area contributed by atoms with Gasteiger partial charge in [0, 0.05) is 19.0 Å². The summed E-state index contributed by atoms with van der Waals surface area (Å²) in [4.78, 5) is 0. The summed E-state index contributed by atoms with van der Waals surface area (Å²) in [6.07, 6.45) is 2.97. The maximum atomic E-state index is 2.46. The molecule has 0 fully saturated rings. The Morgan fingerprint density at radius 3 is 1.88 bits per heavy atom. The molecule has 0 saturated heterocycles. The summed E-state index contributed by atoms with van der Waals surface area (Å²) in [6, 6.07) is 0. The smallest absolute Gasteiger partial charge is 0.0166 e. The van der Waals surface area contributed by atoms with Crippen molar-refractivity contribution >= 4 is 19.0 Å². The van der Waals surface area contributed by atoms with E-state index in [2.05, 4.69) is 20.0 Å². The third-order valence-corrected chi connectivity index (χ3v) is 8.44. The van der Waals surface area contributed by atoms with Gasteiger partial charge in [0.15, 0.2) is 0 Å². The summed E-state index contributed by atoms with van der Waals surface area (Å²) in [5.41, 5.74) is 0. The highest BCUT2D eigenvalue weighted by molar-refractivity contribution is 6.57. The highest BCUT2D eigenvalue weighted by Crippen LogP contribution is 2.08. The lowest BCUT2D eigenvalue weighted by Gasteiger charge is -2.07. The second-order valence-corrected chi connectivity index (χ2v) is 7.57. The predicted molar refractivity (Wildman–Crippen MR) is 47.5 cm³/mol. The van der Waals surface area contributed by atoms with Crippen molar-refractivity contribution in [2.75, 3.05) is 0 Å². The van der Waals surface area contributed by atoms with Crippen LogP contribution in [0.4, 0.5) is 0 Å². The minimum absolute atomic E-state index is 0.379. The molecule has 0 aliphatic rings. The van der Waals surface area contributed by atoms with Gasteiger partial charge in [0.2, 0.25) is 0 Å². The van der Waals surface area contributed by atoms with Gasteiger partial charge < -0.3 is 0 Å². The summed E-state index contributed by atoms with van der Waals surface area (Å²) in [7, 11) is 0.757. The molecule has 0 radical (unpaired) electrons. The van der Waals surface area contributed by atoms with Crippen molar-refractivity contribution in [3.05, 3.63) is 0 Å². The summed E-state index contributed by atoms with van der Waals surface area (Å²) in [6.45, 7) is 7.22.